The lowest BCUT2D eigenvalue weighted by Crippen LogP contribution is -2.33. The van der Waals surface area contributed by atoms with E-state index in [2.05, 4.69) is 24.3 Å². The Morgan fingerprint density at radius 2 is 1.77 bits per heavy atom. The molecule has 1 N–H and O–H groups in total. The van der Waals surface area contributed by atoms with Crippen LogP contribution in [0.25, 0.3) is 0 Å². The third-order valence-corrected chi connectivity index (χ3v) is 5.91. The summed E-state index contributed by atoms with van der Waals surface area (Å²) in [5, 5.41) is 9.32. The van der Waals surface area contributed by atoms with Gasteiger partial charge in [-0.05, 0) is 51.5 Å². The van der Waals surface area contributed by atoms with E-state index in [0.717, 1.165) is 44.9 Å². The van der Waals surface area contributed by atoms with Crippen LogP contribution in [0.5, 0.6) is 0 Å². The molecule has 1 aliphatic heterocycles. The zero-order chi connectivity index (χ0) is 18.6. The number of ether oxygens (including phenoxy) is 2. The molecule has 0 radical (unpaired) electrons. The number of carboxylic acid groups (broad SMARTS) is 1. The molecule has 1 heterocycles. The van der Waals surface area contributed by atoms with E-state index in [1.807, 2.05) is 6.07 Å². The van der Waals surface area contributed by atoms with Crippen molar-refractivity contribution >= 4 is 5.97 Å². The van der Waals surface area contributed by atoms with E-state index < -0.39 is 17.2 Å². The molecule has 0 aromatic heterocycles. The van der Waals surface area contributed by atoms with Crippen LogP contribution in [-0.4, -0.2) is 29.1 Å². The van der Waals surface area contributed by atoms with Gasteiger partial charge in [0.15, 0.2) is 5.79 Å². The van der Waals surface area contributed by atoms with E-state index in [-0.39, 0.29) is 12.2 Å². The Labute approximate surface area is 156 Å². The monoisotopic (exact) mass is 360 g/mol. The fourth-order valence-electron chi connectivity index (χ4n) is 4.17. The lowest BCUT2D eigenvalue weighted by Gasteiger charge is -2.32. The number of benzene rings is 1. The topological polar surface area (TPSA) is 55.8 Å². The minimum absolute atomic E-state index is 0.0536. The van der Waals surface area contributed by atoms with Crippen LogP contribution in [0, 0.1) is 5.41 Å². The van der Waals surface area contributed by atoms with Gasteiger partial charge in [0.25, 0.3) is 0 Å². The Balaban J connectivity index is 1.64. The van der Waals surface area contributed by atoms with Crippen molar-refractivity contribution in [2.24, 2.45) is 5.41 Å². The van der Waals surface area contributed by atoms with Crippen molar-refractivity contribution in [3.05, 3.63) is 35.9 Å². The molecule has 1 saturated heterocycles. The Hall–Kier alpha value is -1.39. The molecule has 4 nitrogen and oxygen atoms in total. The van der Waals surface area contributed by atoms with Crippen LogP contribution in [-0.2, 0) is 20.7 Å². The number of rotatable bonds is 7. The molecule has 144 valence electrons. The number of hydrogen-bond donors (Lipinski definition) is 1. The van der Waals surface area contributed by atoms with Gasteiger partial charge in [0, 0.05) is 19.3 Å². The highest BCUT2D eigenvalue weighted by molar-refractivity contribution is 5.73. The molecule has 1 saturated carbocycles. The number of hydrogen-bond acceptors (Lipinski definition) is 3. The first-order chi connectivity index (χ1) is 12.4. The smallest absolute Gasteiger partial charge is 0.309 e. The second-order valence-electron chi connectivity index (χ2n) is 8.55. The molecule has 1 aliphatic carbocycles. The molecule has 1 spiro atoms. The van der Waals surface area contributed by atoms with Crippen molar-refractivity contribution in [1.29, 1.82) is 0 Å². The SMILES string of the molecule is CC(C)(CCC[C@H]1OC2(CCCCC2)O[C@@H]1Cc1ccccc1)C(=O)O. The van der Waals surface area contributed by atoms with Gasteiger partial charge in [-0.3, -0.25) is 4.79 Å². The minimum Gasteiger partial charge on any atom is -0.481 e. The van der Waals surface area contributed by atoms with Crippen LogP contribution in [0.1, 0.15) is 70.8 Å². The molecule has 0 amide bonds. The fraction of sp³-hybridized carbons (Fsp3) is 0.682. The molecule has 26 heavy (non-hydrogen) atoms. The second-order valence-corrected chi connectivity index (χ2v) is 8.55. The molecule has 2 aliphatic rings. The van der Waals surface area contributed by atoms with Crippen LogP contribution in [0.15, 0.2) is 30.3 Å². The lowest BCUT2D eigenvalue weighted by molar-refractivity contribution is -0.194. The summed E-state index contributed by atoms with van der Waals surface area (Å²) in [7, 11) is 0. The van der Waals surface area contributed by atoms with E-state index in [0.29, 0.717) is 6.42 Å². The predicted octanol–water partition coefficient (Wildman–Crippen LogP) is 4.95. The van der Waals surface area contributed by atoms with Gasteiger partial charge in [0.05, 0.1) is 17.6 Å². The van der Waals surface area contributed by atoms with Crippen LogP contribution in [0.4, 0.5) is 0 Å². The number of aliphatic carboxylic acids is 1. The Kier molecular flexibility index (Phi) is 6.03. The summed E-state index contributed by atoms with van der Waals surface area (Å²) >= 11 is 0. The lowest BCUT2D eigenvalue weighted by atomic mass is 9.86. The van der Waals surface area contributed by atoms with Crippen molar-refractivity contribution in [1.82, 2.24) is 0 Å². The van der Waals surface area contributed by atoms with Gasteiger partial charge in [-0.25, -0.2) is 0 Å². The molecule has 2 atom stereocenters. The molecular weight excluding hydrogens is 328 g/mol. The molecule has 1 aromatic carbocycles. The third-order valence-electron chi connectivity index (χ3n) is 5.91. The molecule has 4 heteroatoms. The molecule has 2 fully saturated rings. The van der Waals surface area contributed by atoms with Crippen molar-refractivity contribution in [3.8, 4) is 0 Å². The van der Waals surface area contributed by atoms with E-state index >= 15 is 0 Å². The predicted molar refractivity (Wildman–Crippen MR) is 101 cm³/mol. The van der Waals surface area contributed by atoms with Gasteiger partial charge in [0.1, 0.15) is 0 Å². The zero-order valence-electron chi connectivity index (χ0n) is 16.1. The van der Waals surface area contributed by atoms with Gasteiger partial charge >= 0.3 is 5.97 Å². The van der Waals surface area contributed by atoms with Crippen molar-refractivity contribution in [2.45, 2.75) is 89.6 Å². The summed E-state index contributed by atoms with van der Waals surface area (Å²) in [6.45, 7) is 3.59. The van der Waals surface area contributed by atoms with Gasteiger partial charge in [-0.2, -0.15) is 0 Å². The summed E-state index contributed by atoms with van der Waals surface area (Å²) in [6, 6.07) is 10.4. The summed E-state index contributed by atoms with van der Waals surface area (Å²) in [4.78, 5) is 11.3. The van der Waals surface area contributed by atoms with Gasteiger partial charge in [0.2, 0.25) is 0 Å². The molecule has 0 unspecified atom stereocenters. The fourth-order valence-corrected chi connectivity index (χ4v) is 4.17. The van der Waals surface area contributed by atoms with Crippen LogP contribution in [0.2, 0.25) is 0 Å². The maximum Gasteiger partial charge on any atom is 0.309 e. The number of carbonyl (C=O) groups is 1. The Morgan fingerprint density at radius 1 is 1.12 bits per heavy atom. The molecule has 0 bridgehead atoms. The van der Waals surface area contributed by atoms with Crippen molar-refractivity contribution in [3.63, 3.8) is 0 Å². The van der Waals surface area contributed by atoms with Crippen LogP contribution < -0.4 is 0 Å². The summed E-state index contributed by atoms with van der Waals surface area (Å²) < 4.78 is 13.0. The standard InChI is InChI=1S/C22H32O4/c1-21(2,20(23)24)13-9-12-18-19(16-17-10-5-3-6-11-17)26-22(25-18)14-7-4-8-15-22/h3,5-6,10-11,18-19H,4,7-9,12-16H2,1-2H3,(H,23,24)/t18-,19-/m1/s1. The number of carboxylic acids is 1. The van der Waals surface area contributed by atoms with Crippen LogP contribution in [0.3, 0.4) is 0 Å². The normalized spacial score (nSPS) is 25.5. The highest BCUT2D eigenvalue weighted by Gasteiger charge is 2.47. The molecule has 3 rings (SSSR count). The molecular formula is C22H32O4. The van der Waals surface area contributed by atoms with Gasteiger partial charge in [-0.15, -0.1) is 0 Å². The van der Waals surface area contributed by atoms with Gasteiger partial charge in [-0.1, -0.05) is 36.8 Å². The summed E-state index contributed by atoms with van der Waals surface area (Å²) in [5.74, 6) is -1.13. The van der Waals surface area contributed by atoms with E-state index in [9.17, 15) is 9.90 Å². The van der Waals surface area contributed by atoms with E-state index in [4.69, 9.17) is 9.47 Å². The Bertz CT molecular complexity index is 589. The minimum atomic E-state index is -0.731. The highest BCUT2D eigenvalue weighted by Crippen LogP contribution is 2.42. The first kappa shape index (κ1) is 19.4. The van der Waals surface area contributed by atoms with E-state index in [1.54, 1.807) is 13.8 Å². The Morgan fingerprint density at radius 3 is 2.42 bits per heavy atom. The average molecular weight is 360 g/mol. The van der Waals surface area contributed by atoms with Crippen LogP contribution >= 0.6 is 0 Å². The maximum absolute atomic E-state index is 11.3. The zero-order valence-corrected chi connectivity index (χ0v) is 16.1. The maximum atomic E-state index is 11.3. The van der Waals surface area contributed by atoms with E-state index in [1.165, 1.54) is 12.0 Å². The first-order valence-electron chi connectivity index (χ1n) is 10.0. The first-order valence-corrected chi connectivity index (χ1v) is 10.0. The summed E-state index contributed by atoms with van der Waals surface area (Å²) in [6.07, 6.45) is 8.88. The molecule has 1 aromatic rings. The van der Waals surface area contributed by atoms with Gasteiger partial charge < -0.3 is 14.6 Å². The second kappa shape index (κ2) is 8.10. The van der Waals surface area contributed by atoms with Crippen molar-refractivity contribution < 1.29 is 19.4 Å². The quantitative estimate of drug-likeness (QED) is 0.747. The largest absolute Gasteiger partial charge is 0.481 e. The summed E-state index contributed by atoms with van der Waals surface area (Å²) in [5.41, 5.74) is 0.585. The average Bonchev–Trinajstić information content (AvgIpc) is 2.93. The third kappa shape index (κ3) is 4.66. The van der Waals surface area contributed by atoms with Crippen molar-refractivity contribution in [2.75, 3.05) is 0 Å². The highest BCUT2D eigenvalue weighted by atomic mass is 16.8.